The number of nitrogens with zero attached hydrogens (tertiary/aromatic N) is 2. The van der Waals surface area contributed by atoms with Gasteiger partial charge in [-0.3, -0.25) is 4.79 Å². The van der Waals surface area contributed by atoms with Crippen molar-refractivity contribution >= 4 is 18.1 Å². The fourth-order valence-corrected chi connectivity index (χ4v) is 3.66. The van der Waals surface area contributed by atoms with E-state index >= 15 is 0 Å². The standard InChI is InChI=1S/C21H22N2O4/c24-20(9-8-18-7-4-14-26-18)22-12-10-17(11-13-22)23-15-19(27-21(23)25)16-5-2-1-3-6-16/h1-9,14,17,19H,10-13,15H2. The average Bonchev–Trinajstić information content (AvgIpc) is 3.37. The maximum atomic E-state index is 12.3. The van der Waals surface area contributed by atoms with Crippen molar-refractivity contribution in [1.82, 2.24) is 9.80 Å². The summed E-state index contributed by atoms with van der Waals surface area (Å²) in [6.45, 7) is 1.83. The number of carbonyl (C=O) groups is 2. The van der Waals surface area contributed by atoms with Crippen molar-refractivity contribution in [2.45, 2.75) is 25.0 Å². The van der Waals surface area contributed by atoms with Crippen LogP contribution in [0.2, 0.25) is 0 Å². The van der Waals surface area contributed by atoms with E-state index < -0.39 is 0 Å². The van der Waals surface area contributed by atoms with E-state index in [4.69, 9.17) is 9.15 Å². The Labute approximate surface area is 158 Å². The number of furan rings is 1. The Morgan fingerprint density at radius 1 is 1.07 bits per heavy atom. The van der Waals surface area contributed by atoms with Crippen LogP contribution in [0.5, 0.6) is 0 Å². The Morgan fingerprint density at radius 3 is 2.56 bits per heavy atom. The number of ether oxygens (including phenoxy) is 1. The lowest BCUT2D eigenvalue weighted by Gasteiger charge is -2.35. The molecule has 6 heteroatoms. The summed E-state index contributed by atoms with van der Waals surface area (Å²) in [5, 5.41) is 0. The third-order valence-corrected chi connectivity index (χ3v) is 5.16. The first-order valence-electron chi connectivity index (χ1n) is 9.23. The van der Waals surface area contributed by atoms with Crippen molar-refractivity contribution < 1.29 is 18.7 Å². The second kappa shape index (κ2) is 7.70. The van der Waals surface area contributed by atoms with Gasteiger partial charge in [-0.2, -0.15) is 0 Å². The number of benzene rings is 1. The molecule has 2 aromatic rings. The second-order valence-electron chi connectivity index (χ2n) is 6.84. The van der Waals surface area contributed by atoms with Crippen LogP contribution in [-0.2, 0) is 9.53 Å². The summed E-state index contributed by atoms with van der Waals surface area (Å²) in [5.41, 5.74) is 1.02. The van der Waals surface area contributed by atoms with Gasteiger partial charge >= 0.3 is 6.09 Å². The van der Waals surface area contributed by atoms with E-state index in [2.05, 4.69) is 0 Å². The summed E-state index contributed by atoms with van der Waals surface area (Å²) in [6, 6.07) is 13.5. The molecule has 27 heavy (non-hydrogen) atoms. The third kappa shape index (κ3) is 3.89. The molecule has 1 aromatic carbocycles. The first-order chi connectivity index (χ1) is 13.2. The Hall–Kier alpha value is -3.02. The maximum absolute atomic E-state index is 12.3. The van der Waals surface area contributed by atoms with Crippen LogP contribution in [0.4, 0.5) is 4.79 Å². The highest BCUT2D eigenvalue weighted by molar-refractivity contribution is 5.91. The van der Waals surface area contributed by atoms with Crippen molar-refractivity contribution in [3.63, 3.8) is 0 Å². The van der Waals surface area contributed by atoms with Crippen LogP contribution in [0.1, 0.15) is 30.3 Å². The van der Waals surface area contributed by atoms with Crippen molar-refractivity contribution in [2.75, 3.05) is 19.6 Å². The van der Waals surface area contributed by atoms with Crippen LogP contribution < -0.4 is 0 Å². The van der Waals surface area contributed by atoms with E-state index in [0.717, 1.165) is 18.4 Å². The molecule has 0 spiro atoms. The molecule has 2 fully saturated rings. The third-order valence-electron chi connectivity index (χ3n) is 5.16. The Kier molecular flexibility index (Phi) is 4.96. The SMILES string of the molecule is O=C(C=Cc1ccco1)N1CCC(N2CC(c3ccccc3)OC2=O)CC1. The molecule has 0 radical (unpaired) electrons. The molecule has 6 nitrogen and oxygen atoms in total. The van der Waals surface area contributed by atoms with Crippen LogP contribution in [0.3, 0.4) is 0 Å². The second-order valence-corrected chi connectivity index (χ2v) is 6.84. The molecule has 0 N–H and O–H groups in total. The normalized spacial score (nSPS) is 21.0. The molecule has 1 unspecified atom stereocenters. The zero-order valence-electron chi connectivity index (χ0n) is 15.0. The first kappa shape index (κ1) is 17.4. The molecule has 1 aromatic heterocycles. The van der Waals surface area contributed by atoms with Gasteiger partial charge in [-0.15, -0.1) is 0 Å². The summed E-state index contributed by atoms with van der Waals surface area (Å²) in [4.78, 5) is 28.3. The summed E-state index contributed by atoms with van der Waals surface area (Å²) >= 11 is 0. The zero-order valence-corrected chi connectivity index (χ0v) is 15.0. The van der Waals surface area contributed by atoms with Gasteiger partial charge in [0.15, 0.2) is 0 Å². The number of carbonyl (C=O) groups excluding carboxylic acids is 2. The van der Waals surface area contributed by atoms with Gasteiger partial charge in [0.1, 0.15) is 11.9 Å². The summed E-state index contributed by atoms with van der Waals surface area (Å²) < 4.78 is 10.8. The zero-order chi connectivity index (χ0) is 18.6. The molecule has 0 bridgehead atoms. The van der Waals surface area contributed by atoms with E-state index in [0.29, 0.717) is 25.4 Å². The molecular weight excluding hydrogens is 344 g/mol. The largest absolute Gasteiger partial charge is 0.465 e. The predicted molar refractivity (Wildman–Crippen MR) is 99.7 cm³/mol. The van der Waals surface area contributed by atoms with Gasteiger partial charge in [-0.25, -0.2) is 4.79 Å². The van der Waals surface area contributed by atoms with Gasteiger partial charge in [0.2, 0.25) is 5.91 Å². The van der Waals surface area contributed by atoms with Crippen LogP contribution in [0, 0.1) is 0 Å². The number of amides is 2. The molecule has 3 heterocycles. The van der Waals surface area contributed by atoms with Crippen LogP contribution in [-0.4, -0.2) is 47.5 Å². The Morgan fingerprint density at radius 2 is 1.85 bits per heavy atom. The number of hydrogen-bond acceptors (Lipinski definition) is 4. The molecule has 2 saturated heterocycles. The molecule has 2 amide bonds. The van der Waals surface area contributed by atoms with E-state index in [1.165, 1.54) is 6.08 Å². The van der Waals surface area contributed by atoms with Crippen molar-refractivity contribution in [1.29, 1.82) is 0 Å². The van der Waals surface area contributed by atoms with E-state index in [-0.39, 0.29) is 24.1 Å². The quantitative estimate of drug-likeness (QED) is 0.777. The minimum Gasteiger partial charge on any atom is -0.465 e. The van der Waals surface area contributed by atoms with Gasteiger partial charge in [0, 0.05) is 25.2 Å². The minimum atomic E-state index is -0.258. The van der Waals surface area contributed by atoms with Crippen LogP contribution >= 0.6 is 0 Å². The fourth-order valence-electron chi connectivity index (χ4n) is 3.66. The minimum absolute atomic E-state index is 0.0315. The van der Waals surface area contributed by atoms with Gasteiger partial charge in [-0.1, -0.05) is 30.3 Å². The predicted octanol–water partition coefficient (Wildman–Crippen LogP) is 3.48. The molecule has 2 aliphatic heterocycles. The molecule has 1 atom stereocenters. The first-order valence-corrected chi connectivity index (χ1v) is 9.23. The lowest BCUT2D eigenvalue weighted by Crippen LogP contribution is -2.46. The molecule has 0 aliphatic carbocycles. The Bertz CT molecular complexity index is 808. The summed E-state index contributed by atoms with van der Waals surface area (Å²) in [7, 11) is 0. The maximum Gasteiger partial charge on any atom is 0.410 e. The lowest BCUT2D eigenvalue weighted by atomic mass is 10.0. The number of likely N-dealkylation sites (tertiary alicyclic amines) is 1. The average molecular weight is 366 g/mol. The van der Waals surface area contributed by atoms with E-state index in [1.54, 1.807) is 24.5 Å². The smallest absolute Gasteiger partial charge is 0.410 e. The molecule has 140 valence electrons. The van der Waals surface area contributed by atoms with E-state index in [1.807, 2.05) is 40.1 Å². The van der Waals surface area contributed by atoms with Crippen LogP contribution in [0.25, 0.3) is 6.08 Å². The van der Waals surface area contributed by atoms with Crippen molar-refractivity contribution in [3.05, 3.63) is 66.1 Å². The van der Waals surface area contributed by atoms with Gasteiger partial charge in [0.05, 0.1) is 12.8 Å². The van der Waals surface area contributed by atoms with Gasteiger partial charge < -0.3 is 19.0 Å². The number of rotatable bonds is 4. The topological polar surface area (TPSA) is 63.0 Å². The van der Waals surface area contributed by atoms with Gasteiger partial charge in [-0.05, 0) is 36.6 Å². The Balaban J connectivity index is 1.31. The summed E-state index contributed by atoms with van der Waals surface area (Å²) in [5.74, 6) is 0.626. The molecular formula is C21H22N2O4. The highest BCUT2D eigenvalue weighted by atomic mass is 16.6. The molecule has 0 saturated carbocycles. The fraction of sp³-hybridized carbons (Fsp3) is 0.333. The number of piperidine rings is 1. The van der Waals surface area contributed by atoms with Gasteiger partial charge in [0.25, 0.3) is 0 Å². The molecule has 4 rings (SSSR count). The summed E-state index contributed by atoms with van der Waals surface area (Å²) in [6.07, 6.45) is 5.84. The highest BCUT2D eigenvalue weighted by Crippen LogP contribution is 2.30. The number of cyclic esters (lactones) is 1. The monoisotopic (exact) mass is 366 g/mol. The lowest BCUT2D eigenvalue weighted by molar-refractivity contribution is -0.127. The highest BCUT2D eigenvalue weighted by Gasteiger charge is 2.38. The van der Waals surface area contributed by atoms with Crippen molar-refractivity contribution in [3.8, 4) is 0 Å². The van der Waals surface area contributed by atoms with Crippen LogP contribution in [0.15, 0.2) is 59.2 Å². The molecule has 2 aliphatic rings. The van der Waals surface area contributed by atoms with Crippen molar-refractivity contribution in [2.24, 2.45) is 0 Å². The number of hydrogen-bond donors (Lipinski definition) is 0. The van der Waals surface area contributed by atoms with E-state index in [9.17, 15) is 9.59 Å².